The van der Waals surface area contributed by atoms with E-state index in [-0.39, 0.29) is 17.2 Å². The summed E-state index contributed by atoms with van der Waals surface area (Å²) in [5.41, 5.74) is 5.09. The number of carbonyl (C=O) groups excluding carboxylic acids is 1. The molecule has 0 saturated carbocycles. The van der Waals surface area contributed by atoms with E-state index in [9.17, 15) is 9.90 Å². The van der Waals surface area contributed by atoms with Crippen LogP contribution in [0.15, 0.2) is 66.9 Å². The molecule has 5 heteroatoms. The first-order valence-corrected chi connectivity index (χ1v) is 13.5. The van der Waals surface area contributed by atoms with Gasteiger partial charge in [0.25, 0.3) is 0 Å². The maximum atomic E-state index is 13.6. The van der Waals surface area contributed by atoms with E-state index in [1.54, 1.807) is 12.3 Å². The normalized spacial score (nSPS) is 12.9. The van der Waals surface area contributed by atoms with E-state index in [0.29, 0.717) is 16.8 Å². The van der Waals surface area contributed by atoms with Crippen molar-refractivity contribution in [2.24, 2.45) is 0 Å². The monoisotopic (exact) mass is 497 g/mol. The maximum Gasteiger partial charge on any atom is 0.215 e. The third kappa shape index (κ3) is 6.80. The molecule has 0 aliphatic carbocycles. The molecule has 37 heavy (non-hydrogen) atoms. The number of ketones is 1. The molecule has 2 aromatic heterocycles. The molecule has 0 atom stereocenters. The van der Waals surface area contributed by atoms with E-state index in [1.807, 2.05) is 71.0 Å². The first kappa shape index (κ1) is 28.0. The Hall–Kier alpha value is -3.57. The average Bonchev–Trinajstić information content (AvgIpc) is 3.46. The van der Waals surface area contributed by atoms with Gasteiger partial charge in [-0.2, -0.15) is 0 Å². The fourth-order valence-electron chi connectivity index (χ4n) is 4.69. The van der Waals surface area contributed by atoms with Crippen molar-refractivity contribution in [3.05, 3.63) is 101 Å². The van der Waals surface area contributed by atoms with Gasteiger partial charge in [0.15, 0.2) is 11.4 Å². The largest absolute Gasteiger partial charge is 0.504 e. The molecule has 0 amide bonds. The van der Waals surface area contributed by atoms with Crippen molar-refractivity contribution in [1.29, 1.82) is 0 Å². The first-order valence-electron chi connectivity index (χ1n) is 13.5. The standard InChI is InChI=1S/C28H27N3O2.2C2H6/c1-19-24-10-7-11-29-25(24)28(33)26(30-19)27(32)23-16-21(14-20-8-3-2-4-9-20)15-22(17-23)18-31-12-5-6-13-31;2*1-2/h2-4,7-11,15-17,33H,5-6,12-14,18H2,1H3;2*1-2H3. The third-order valence-corrected chi connectivity index (χ3v) is 6.31. The van der Waals surface area contributed by atoms with E-state index < -0.39 is 0 Å². The highest BCUT2D eigenvalue weighted by atomic mass is 16.3. The molecule has 0 radical (unpaired) electrons. The van der Waals surface area contributed by atoms with Crippen LogP contribution < -0.4 is 0 Å². The number of pyridine rings is 2. The lowest BCUT2D eigenvalue weighted by molar-refractivity contribution is 0.103. The van der Waals surface area contributed by atoms with Crippen LogP contribution in [0.25, 0.3) is 10.9 Å². The zero-order valence-corrected chi connectivity index (χ0v) is 22.8. The van der Waals surface area contributed by atoms with Gasteiger partial charge < -0.3 is 5.11 Å². The zero-order valence-electron chi connectivity index (χ0n) is 22.8. The van der Waals surface area contributed by atoms with Gasteiger partial charge in [0.2, 0.25) is 5.78 Å². The van der Waals surface area contributed by atoms with Crippen LogP contribution in [-0.4, -0.2) is 38.8 Å². The Morgan fingerprint density at radius 2 is 1.57 bits per heavy atom. The van der Waals surface area contributed by atoms with Crippen LogP contribution in [-0.2, 0) is 13.0 Å². The number of fused-ring (bicyclic) bond motifs is 1. The summed E-state index contributed by atoms with van der Waals surface area (Å²) < 4.78 is 0. The molecule has 5 rings (SSSR count). The summed E-state index contributed by atoms with van der Waals surface area (Å²) in [4.78, 5) is 24.8. The molecule has 1 fully saturated rings. The number of benzene rings is 2. The highest BCUT2D eigenvalue weighted by Crippen LogP contribution is 2.30. The number of rotatable bonds is 6. The quantitative estimate of drug-likeness (QED) is 0.287. The lowest BCUT2D eigenvalue weighted by Crippen LogP contribution is -2.19. The van der Waals surface area contributed by atoms with Gasteiger partial charge in [-0.3, -0.25) is 14.7 Å². The summed E-state index contributed by atoms with van der Waals surface area (Å²) in [6.07, 6.45) is 4.80. The van der Waals surface area contributed by atoms with Crippen molar-refractivity contribution in [3.63, 3.8) is 0 Å². The predicted octanol–water partition coefficient (Wildman–Crippen LogP) is 7.11. The van der Waals surface area contributed by atoms with E-state index in [4.69, 9.17) is 0 Å². The number of hydrogen-bond acceptors (Lipinski definition) is 5. The Bertz CT molecular complexity index is 1310. The average molecular weight is 498 g/mol. The number of aromatic nitrogens is 2. The SMILES string of the molecule is CC.CC.Cc1nc(C(=O)c2cc(Cc3ccccc3)cc(CN3CCCC3)c2)c(O)c2ncccc12. The summed E-state index contributed by atoms with van der Waals surface area (Å²) in [7, 11) is 0. The lowest BCUT2D eigenvalue weighted by Gasteiger charge is -2.17. The Kier molecular flexibility index (Phi) is 10.3. The van der Waals surface area contributed by atoms with Crippen LogP contribution in [0.3, 0.4) is 0 Å². The molecule has 0 bridgehead atoms. The van der Waals surface area contributed by atoms with Crippen LogP contribution >= 0.6 is 0 Å². The van der Waals surface area contributed by atoms with Crippen LogP contribution in [0.4, 0.5) is 0 Å². The Morgan fingerprint density at radius 3 is 2.27 bits per heavy atom. The second-order valence-electron chi connectivity index (χ2n) is 8.81. The third-order valence-electron chi connectivity index (χ3n) is 6.31. The van der Waals surface area contributed by atoms with Crippen LogP contribution in [0.2, 0.25) is 0 Å². The molecule has 2 aromatic carbocycles. The molecule has 4 aromatic rings. The van der Waals surface area contributed by atoms with Gasteiger partial charge in [-0.05, 0) is 80.2 Å². The van der Waals surface area contributed by atoms with E-state index in [0.717, 1.165) is 42.6 Å². The minimum atomic E-state index is -0.277. The highest BCUT2D eigenvalue weighted by molar-refractivity contribution is 6.12. The number of carbonyl (C=O) groups is 1. The molecule has 1 N–H and O–H groups in total. The van der Waals surface area contributed by atoms with Gasteiger partial charge in [0, 0.05) is 29.4 Å². The molecule has 1 aliphatic rings. The maximum absolute atomic E-state index is 13.6. The van der Waals surface area contributed by atoms with Crippen molar-refractivity contribution in [3.8, 4) is 5.75 Å². The van der Waals surface area contributed by atoms with Crippen molar-refractivity contribution < 1.29 is 9.90 Å². The second kappa shape index (κ2) is 13.7. The summed E-state index contributed by atoms with van der Waals surface area (Å²) in [6.45, 7) is 12.8. The summed E-state index contributed by atoms with van der Waals surface area (Å²) in [5, 5.41) is 11.6. The summed E-state index contributed by atoms with van der Waals surface area (Å²) in [6, 6.07) is 20.0. The smallest absolute Gasteiger partial charge is 0.215 e. The van der Waals surface area contributed by atoms with E-state index in [2.05, 4.69) is 33.1 Å². The molecule has 0 unspecified atom stereocenters. The van der Waals surface area contributed by atoms with Gasteiger partial charge in [-0.15, -0.1) is 0 Å². The minimum absolute atomic E-state index is 0.0580. The van der Waals surface area contributed by atoms with Crippen molar-refractivity contribution in [1.82, 2.24) is 14.9 Å². The molecular weight excluding hydrogens is 458 g/mol. The van der Waals surface area contributed by atoms with Crippen molar-refractivity contribution in [2.75, 3.05) is 13.1 Å². The Balaban J connectivity index is 0.000000907. The van der Waals surface area contributed by atoms with Gasteiger partial charge in [0.1, 0.15) is 5.52 Å². The van der Waals surface area contributed by atoms with Crippen molar-refractivity contribution in [2.45, 2.75) is 60.4 Å². The first-order chi connectivity index (χ1) is 18.1. The van der Waals surface area contributed by atoms with E-state index >= 15 is 0 Å². The molecule has 0 spiro atoms. The minimum Gasteiger partial charge on any atom is -0.504 e. The number of likely N-dealkylation sites (tertiary alicyclic amines) is 1. The number of nitrogens with zero attached hydrogens (tertiary/aromatic N) is 3. The lowest BCUT2D eigenvalue weighted by atomic mass is 9.96. The number of hydrogen-bond donors (Lipinski definition) is 1. The summed E-state index contributed by atoms with van der Waals surface area (Å²) in [5.74, 6) is -0.434. The highest BCUT2D eigenvalue weighted by Gasteiger charge is 2.22. The van der Waals surface area contributed by atoms with Gasteiger partial charge >= 0.3 is 0 Å². The molecule has 3 heterocycles. The molecule has 194 valence electrons. The predicted molar refractivity (Wildman–Crippen MR) is 152 cm³/mol. The molecule has 5 nitrogen and oxygen atoms in total. The number of aromatic hydroxyl groups is 1. The zero-order chi connectivity index (χ0) is 26.8. The topological polar surface area (TPSA) is 66.3 Å². The summed E-state index contributed by atoms with van der Waals surface area (Å²) >= 11 is 0. The second-order valence-corrected chi connectivity index (χ2v) is 8.81. The molecule has 1 aliphatic heterocycles. The van der Waals surface area contributed by atoms with Gasteiger partial charge in [-0.25, -0.2) is 4.98 Å². The fraction of sp³-hybridized carbons (Fsp3) is 0.344. The van der Waals surface area contributed by atoms with Crippen LogP contribution in [0.5, 0.6) is 5.75 Å². The fourth-order valence-corrected chi connectivity index (χ4v) is 4.69. The Morgan fingerprint density at radius 1 is 0.892 bits per heavy atom. The Labute approximate surface area is 221 Å². The van der Waals surface area contributed by atoms with Gasteiger partial charge in [0.05, 0.1) is 0 Å². The van der Waals surface area contributed by atoms with E-state index in [1.165, 1.54) is 18.4 Å². The molecular formula is C32H39N3O2. The van der Waals surface area contributed by atoms with Gasteiger partial charge in [-0.1, -0.05) is 64.1 Å². The van der Waals surface area contributed by atoms with Crippen LogP contribution in [0.1, 0.15) is 79.0 Å². The van der Waals surface area contributed by atoms with Crippen molar-refractivity contribution >= 4 is 16.7 Å². The van der Waals surface area contributed by atoms with Crippen LogP contribution in [0, 0.1) is 6.92 Å². The number of aryl methyl sites for hydroxylation is 1. The molecule has 1 saturated heterocycles.